The zero-order chi connectivity index (χ0) is 20.6. The number of carbonyl (C=O) groups excluding carboxylic acids is 1. The van der Waals surface area contributed by atoms with Crippen molar-refractivity contribution in [2.75, 3.05) is 6.54 Å². The summed E-state index contributed by atoms with van der Waals surface area (Å²) >= 11 is 6.18. The number of halogens is 1. The number of nitriles is 1. The van der Waals surface area contributed by atoms with Crippen molar-refractivity contribution in [2.45, 2.75) is 79.1 Å². The molecule has 0 bridgehead atoms. The van der Waals surface area contributed by atoms with Crippen LogP contribution in [0.4, 0.5) is 0 Å². The lowest BCUT2D eigenvalue weighted by atomic mass is 9.93. The first-order valence-corrected chi connectivity index (χ1v) is 12.3. The Hall–Kier alpha value is -1.62. The molecule has 4 rings (SSSR count). The molecule has 0 spiro atoms. The van der Waals surface area contributed by atoms with Gasteiger partial charge in [0.15, 0.2) is 9.84 Å². The third kappa shape index (κ3) is 4.03. The molecule has 3 fully saturated rings. The second kappa shape index (κ2) is 7.90. The van der Waals surface area contributed by atoms with E-state index in [4.69, 9.17) is 11.6 Å². The van der Waals surface area contributed by atoms with E-state index in [0.29, 0.717) is 19.4 Å². The van der Waals surface area contributed by atoms with Gasteiger partial charge in [-0.25, -0.2) is 8.42 Å². The summed E-state index contributed by atoms with van der Waals surface area (Å²) in [4.78, 5) is 15.3. The van der Waals surface area contributed by atoms with Crippen LogP contribution in [0.25, 0.3) is 0 Å². The molecule has 1 amide bonds. The predicted octanol–water partition coefficient (Wildman–Crippen LogP) is 3.06. The predicted molar refractivity (Wildman–Crippen MR) is 110 cm³/mol. The number of hydrogen-bond donors (Lipinski definition) is 1. The average Bonchev–Trinajstić information content (AvgIpc) is 3.34. The quantitative estimate of drug-likeness (QED) is 0.767. The maximum atomic E-state index is 13.3. The number of nitrogens with one attached hydrogen (secondary N) is 1. The first-order chi connectivity index (χ1) is 13.9. The minimum absolute atomic E-state index is 0.131. The summed E-state index contributed by atoms with van der Waals surface area (Å²) in [5.41, 5.74) is -0.755. The van der Waals surface area contributed by atoms with Crippen LogP contribution in [0.2, 0.25) is 5.02 Å². The Bertz CT molecular complexity index is 933. The molecular weight excluding hydrogens is 410 g/mol. The summed E-state index contributed by atoms with van der Waals surface area (Å²) < 4.78 is 26.6. The lowest BCUT2D eigenvalue weighted by molar-refractivity contribution is -0.127. The summed E-state index contributed by atoms with van der Waals surface area (Å²) in [6.45, 7) is 0.329. The van der Waals surface area contributed by atoms with Crippen LogP contribution in [-0.2, 0) is 14.6 Å². The van der Waals surface area contributed by atoms with Crippen LogP contribution in [0.1, 0.15) is 51.4 Å². The first-order valence-electron chi connectivity index (χ1n) is 10.3. The molecule has 1 aromatic carbocycles. The maximum absolute atomic E-state index is 13.3. The fourth-order valence-corrected chi connectivity index (χ4v) is 6.91. The number of rotatable bonds is 5. The van der Waals surface area contributed by atoms with Crippen molar-refractivity contribution in [1.29, 1.82) is 5.26 Å². The molecule has 3 aliphatic rings. The summed E-state index contributed by atoms with van der Waals surface area (Å²) in [5, 5.41) is 11.8. The first kappa shape index (κ1) is 20.6. The van der Waals surface area contributed by atoms with Crippen LogP contribution >= 0.6 is 11.6 Å². The number of benzene rings is 1. The number of carbonyl (C=O) groups is 1. The highest BCUT2D eigenvalue weighted by Gasteiger charge is 2.50. The number of sulfone groups is 1. The van der Waals surface area contributed by atoms with Crippen molar-refractivity contribution >= 4 is 27.3 Å². The Morgan fingerprint density at radius 2 is 1.90 bits per heavy atom. The highest BCUT2D eigenvalue weighted by atomic mass is 35.5. The summed E-state index contributed by atoms with van der Waals surface area (Å²) in [6.07, 6.45) is 6.88. The molecule has 2 atom stereocenters. The van der Waals surface area contributed by atoms with E-state index >= 15 is 0 Å². The van der Waals surface area contributed by atoms with Crippen molar-refractivity contribution in [3.63, 3.8) is 0 Å². The van der Waals surface area contributed by atoms with Gasteiger partial charge in [-0.3, -0.25) is 9.69 Å². The number of amides is 1. The highest BCUT2D eigenvalue weighted by Crippen LogP contribution is 2.38. The van der Waals surface area contributed by atoms with Gasteiger partial charge in [0.05, 0.1) is 27.3 Å². The van der Waals surface area contributed by atoms with E-state index in [2.05, 4.69) is 16.3 Å². The minimum Gasteiger partial charge on any atom is -0.336 e. The van der Waals surface area contributed by atoms with Gasteiger partial charge in [0.1, 0.15) is 5.54 Å². The molecule has 0 radical (unpaired) electrons. The topological polar surface area (TPSA) is 90.3 Å². The SMILES string of the molecule is N#CC1(NC(=O)C2CC(S(=O)(=O)c3ccccc3Cl)CN2C2CCCCC2)CC1. The molecule has 2 saturated carbocycles. The largest absolute Gasteiger partial charge is 0.336 e. The normalized spacial score (nSPS) is 27.3. The van der Waals surface area contributed by atoms with Crippen LogP contribution < -0.4 is 5.32 Å². The van der Waals surface area contributed by atoms with E-state index in [0.717, 1.165) is 25.7 Å². The second-order valence-corrected chi connectivity index (χ2v) is 11.1. The molecule has 29 heavy (non-hydrogen) atoms. The fourth-order valence-electron chi connectivity index (χ4n) is 4.68. The molecule has 1 N–H and O–H groups in total. The van der Waals surface area contributed by atoms with Crippen molar-refractivity contribution < 1.29 is 13.2 Å². The van der Waals surface area contributed by atoms with Crippen LogP contribution in [0.3, 0.4) is 0 Å². The number of hydrogen-bond acceptors (Lipinski definition) is 5. The molecule has 1 heterocycles. The van der Waals surface area contributed by atoms with Gasteiger partial charge in [0.25, 0.3) is 0 Å². The molecule has 1 aliphatic heterocycles. The maximum Gasteiger partial charge on any atom is 0.238 e. The second-order valence-electron chi connectivity index (χ2n) is 8.52. The van der Waals surface area contributed by atoms with Gasteiger partial charge >= 0.3 is 0 Å². The Balaban J connectivity index is 1.60. The van der Waals surface area contributed by atoms with E-state index in [-0.39, 0.29) is 28.3 Å². The van der Waals surface area contributed by atoms with Crippen LogP contribution in [0, 0.1) is 11.3 Å². The Morgan fingerprint density at radius 1 is 1.21 bits per heavy atom. The van der Waals surface area contributed by atoms with Gasteiger partial charge in [-0.05, 0) is 44.2 Å². The molecule has 0 aromatic heterocycles. The molecule has 1 saturated heterocycles. The number of likely N-dealkylation sites (tertiary alicyclic amines) is 1. The fraction of sp³-hybridized carbons (Fsp3) is 0.619. The van der Waals surface area contributed by atoms with Crippen LogP contribution in [0.5, 0.6) is 0 Å². The lowest BCUT2D eigenvalue weighted by Gasteiger charge is -2.35. The molecule has 6 nitrogen and oxygen atoms in total. The zero-order valence-corrected chi connectivity index (χ0v) is 17.9. The van der Waals surface area contributed by atoms with Crippen molar-refractivity contribution in [1.82, 2.24) is 10.2 Å². The average molecular weight is 436 g/mol. The van der Waals surface area contributed by atoms with Gasteiger partial charge in [0, 0.05) is 12.6 Å². The Morgan fingerprint density at radius 3 is 2.52 bits per heavy atom. The summed E-state index contributed by atoms with van der Waals surface area (Å²) in [6, 6.07) is 8.36. The zero-order valence-electron chi connectivity index (χ0n) is 16.3. The molecule has 1 aromatic rings. The Labute approximate surface area is 177 Å². The van der Waals surface area contributed by atoms with Crippen molar-refractivity contribution in [3.8, 4) is 6.07 Å². The van der Waals surface area contributed by atoms with Gasteiger partial charge in [0.2, 0.25) is 5.91 Å². The molecule has 8 heteroatoms. The third-order valence-electron chi connectivity index (χ3n) is 6.56. The van der Waals surface area contributed by atoms with Gasteiger partial charge in [-0.15, -0.1) is 0 Å². The number of nitrogens with zero attached hydrogens (tertiary/aromatic N) is 2. The third-order valence-corrected chi connectivity index (χ3v) is 9.19. The Kier molecular flexibility index (Phi) is 5.62. The summed E-state index contributed by atoms with van der Waals surface area (Å²) in [5.74, 6) is -0.216. The van der Waals surface area contributed by atoms with E-state index in [1.54, 1.807) is 18.2 Å². The van der Waals surface area contributed by atoms with E-state index in [1.165, 1.54) is 12.5 Å². The lowest BCUT2D eigenvalue weighted by Crippen LogP contribution is -2.51. The van der Waals surface area contributed by atoms with E-state index < -0.39 is 26.7 Å². The van der Waals surface area contributed by atoms with Crippen LogP contribution in [-0.4, -0.2) is 48.6 Å². The minimum atomic E-state index is -3.66. The monoisotopic (exact) mass is 435 g/mol. The van der Waals surface area contributed by atoms with E-state index in [1.807, 2.05) is 0 Å². The standard InChI is InChI=1S/C21H26ClN3O3S/c22-17-8-4-5-9-19(17)29(27,28)16-12-18(20(26)24-21(14-23)10-11-21)25(13-16)15-6-2-1-3-7-15/h4-5,8-9,15-16,18H,1-3,6-7,10-13H2,(H,24,26). The van der Waals surface area contributed by atoms with Crippen molar-refractivity contribution in [3.05, 3.63) is 29.3 Å². The highest BCUT2D eigenvalue weighted by molar-refractivity contribution is 7.92. The molecule has 2 unspecified atom stereocenters. The van der Waals surface area contributed by atoms with Gasteiger partial charge < -0.3 is 5.32 Å². The molecular formula is C21H26ClN3O3S. The summed E-state index contributed by atoms with van der Waals surface area (Å²) in [7, 11) is -3.66. The smallest absolute Gasteiger partial charge is 0.238 e. The molecule has 2 aliphatic carbocycles. The van der Waals surface area contributed by atoms with Crippen molar-refractivity contribution in [2.24, 2.45) is 0 Å². The van der Waals surface area contributed by atoms with Gasteiger partial charge in [-0.2, -0.15) is 5.26 Å². The van der Waals surface area contributed by atoms with Crippen LogP contribution in [0.15, 0.2) is 29.2 Å². The molecule has 156 valence electrons. The van der Waals surface area contributed by atoms with Gasteiger partial charge in [-0.1, -0.05) is 43.0 Å². The van der Waals surface area contributed by atoms with E-state index in [9.17, 15) is 18.5 Å².